The molecule has 0 aromatic carbocycles. The molecule has 0 aromatic rings. The van der Waals surface area contributed by atoms with Crippen LogP contribution in [0.25, 0.3) is 0 Å². The Balaban J connectivity index is 4.12. The number of ether oxygens (including phenoxy) is 3. The number of hydrogen-bond acceptors (Lipinski definition) is 6. The highest BCUT2D eigenvalue weighted by Gasteiger charge is 2.19. The molecular formula is C77H134O6. The molecule has 0 amide bonds. The Kier molecular flexibility index (Phi) is 67.7. The summed E-state index contributed by atoms with van der Waals surface area (Å²) in [6.07, 6.45) is 96.0. The molecule has 0 aliphatic rings. The minimum Gasteiger partial charge on any atom is -0.462 e. The molecule has 0 radical (unpaired) electrons. The molecule has 0 fully saturated rings. The highest BCUT2D eigenvalue weighted by Crippen LogP contribution is 2.18. The van der Waals surface area contributed by atoms with Crippen molar-refractivity contribution in [2.75, 3.05) is 13.2 Å². The van der Waals surface area contributed by atoms with Gasteiger partial charge >= 0.3 is 17.9 Å². The Morgan fingerprint density at radius 3 is 0.759 bits per heavy atom. The maximum absolute atomic E-state index is 12.9. The molecule has 478 valence electrons. The molecule has 0 bridgehead atoms. The lowest BCUT2D eigenvalue weighted by Gasteiger charge is -2.18. The van der Waals surface area contributed by atoms with Gasteiger partial charge in [0.25, 0.3) is 0 Å². The van der Waals surface area contributed by atoms with Crippen LogP contribution in [0.5, 0.6) is 0 Å². The lowest BCUT2D eigenvalue weighted by Crippen LogP contribution is -2.30. The topological polar surface area (TPSA) is 78.9 Å². The van der Waals surface area contributed by atoms with E-state index in [-0.39, 0.29) is 31.1 Å². The maximum atomic E-state index is 12.9. The van der Waals surface area contributed by atoms with E-state index >= 15 is 0 Å². The third-order valence-corrected chi connectivity index (χ3v) is 15.6. The fraction of sp³-hybridized carbons (Fsp3) is 0.753. The van der Waals surface area contributed by atoms with E-state index < -0.39 is 6.10 Å². The van der Waals surface area contributed by atoms with E-state index in [4.69, 9.17) is 14.2 Å². The summed E-state index contributed by atoms with van der Waals surface area (Å²) in [4.78, 5) is 38.4. The van der Waals surface area contributed by atoms with Crippen LogP contribution in [0.15, 0.2) is 97.2 Å². The zero-order valence-corrected chi connectivity index (χ0v) is 54.9. The van der Waals surface area contributed by atoms with Gasteiger partial charge in [0, 0.05) is 19.3 Å². The van der Waals surface area contributed by atoms with Crippen LogP contribution in [0, 0.1) is 0 Å². The van der Waals surface area contributed by atoms with Gasteiger partial charge in [-0.05, 0) is 116 Å². The lowest BCUT2D eigenvalue weighted by molar-refractivity contribution is -0.167. The molecule has 0 N–H and O–H groups in total. The van der Waals surface area contributed by atoms with Crippen LogP contribution >= 0.6 is 0 Å². The number of unbranched alkanes of at least 4 members (excludes halogenated alkanes) is 38. The number of allylic oxidation sites excluding steroid dienone is 16. The van der Waals surface area contributed by atoms with Gasteiger partial charge in [-0.25, -0.2) is 0 Å². The molecule has 1 unspecified atom stereocenters. The molecule has 0 rings (SSSR count). The Morgan fingerprint density at radius 1 is 0.253 bits per heavy atom. The zero-order chi connectivity index (χ0) is 59.9. The summed E-state index contributed by atoms with van der Waals surface area (Å²) in [5.74, 6) is -0.903. The summed E-state index contributed by atoms with van der Waals surface area (Å²) in [7, 11) is 0. The second kappa shape index (κ2) is 70.8. The van der Waals surface area contributed by atoms with Crippen molar-refractivity contribution >= 4 is 17.9 Å². The van der Waals surface area contributed by atoms with Crippen LogP contribution in [-0.4, -0.2) is 37.2 Å². The molecule has 0 saturated carbocycles. The van der Waals surface area contributed by atoms with Crippen molar-refractivity contribution < 1.29 is 28.6 Å². The van der Waals surface area contributed by atoms with Gasteiger partial charge in [-0.15, -0.1) is 0 Å². The van der Waals surface area contributed by atoms with Gasteiger partial charge in [0.05, 0.1) is 0 Å². The summed E-state index contributed by atoms with van der Waals surface area (Å²) in [5, 5.41) is 0. The fourth-order valence-corrected chi connectivity index (χ4v) is 10.3. The minimum absolute atomic E-state index is 0.0844. The van der Waals surface area contributed by atoms with Gasteiger partial charge in [0.15, 0.2) is 6.10 Å². The van der Waals surface area contributed by atoms with E-state index in [0.717, 1.165) is 109 Å². The van der Waals surface area contributed by atoms with Crippen molar-refractivity contribution in [3.8, 4) is 0 Å². The van der Waals surface area contributed by atoms with E-state index in [2.05, 4.69) is 118 Å². The number of hydrogen-bond donors (Lipinski definition) is 0. The van der Waals surface area contributed by atoms with Crippen molar-refractivity contribution in [3.63, 3.8) is 0 Å². The quantitative estimate of drug-likeness (QED) is 0.0261. The summed E-state index contributed by atoms with van der Waals surface area (Å²) in [6.45, 7) is 6.42. The van der Waals surface area contributed by atoms with Crippen LogP contribution < -0.4 is 0 Å². The predicted octanol–water partition coefficient (Wildman–Crippen LogP) is 24.8. The Bertz CT molecular complexity index is 1610. The zero-order valence-electron chi connectivity index (χ0n) is 54.9. The SMILES string of the molecule is CC/C=C\C/C=C\C/C=C\C/C=C\CCCCCCCCCCCCCCCCCCCCCCCCC(=O)OCC(COC(=O)CCCCC/C=C\C/C=C\C/C=C\CC)OC(=O)CCCCCCCCC/C=C\CCCCCCCC. The number of carbonyl (C=O) groups is 3. The molecule has 0 aliphatic heterocycles. The Hall–Kier alpha value is -3.67. The van der Waals surface area contributed by atoms with Gasteiger partial charge in [-0.2, -0.15) is 0 Å². The molecule has 0 spiro atoms. The second-order valence-electron chi connectivity index (χ2n) is 23.7. The first-order valence-electron chi connectivity index (χ1n) is 35.7. The van der Waals surface area contributed by atoms with E-state index in [1.165, 1.54) is 205 Å². The Labute approximate surface area is 515 Å². The van der Waals surface area contributed by atoms with E-state index in [1.807, 2.05) is 0 Å². The highest BCUT2D eigenvalue weighted by molar-refractivity contribution is 5.71. The molecule has 1 atom stereocenters. The third kappa shape index (κ3) is 69.0. The summed E-state index contributed by atoms with van der Waals surface area (Å²) >= 11 is 0. The summed E-state index contributed by atoms with van der Waals surface area (Å²) < 4.78 is 16.9. The normalized spacial score (nSPS) is 12.7. The minimum atomic E-state index is -0.791. The predicted molar refractivity (Wildman–Crippen MR) is 362 cm³/mol. The monoisotopic (exact) mass is 1160 g/mol. The highest BCUT2D eigenvalue weighted by atomic mass is 16.6. The standard InChI is InChI=1S/C77H134O6/c1-4-7-10-13-16-19-22-25-27-29-30-31-32-33-34-35-36-37-38-39-40-41-42-43-44-45-46-48-49-52-55-58-61-64-67-70-76(79)82-73-74(72-81-75(78)69-66-63-60-57-54-51-24-21-18-15-12-9-6-3)83-77(80)71-68-65-62-59-56-53-50-47-28-26-23-20-17-14-11-8-5-2/h7,9-10,12,16,18-19,21,25-28,30-31,51,54,74H,4-6,8,11,13-15,17,20,22-24,29,32-50,52-53,55-73H2,1-3H3/b10-7-,12-9-,19-16-,21-18-,27-25-,28-26-,31-30-,54-51-. The first-order valence-corrected chi connectivity index (χ1v) is 35.7. The number of esters is 3. The van der Waals surface area contributed by atoms with Crippen LogP contribution in [-0.2, 0) is 28.6 Å². The van der Waals surface area contributed by atoms with Gasteiger partial charge in [-0.3, -0.25) is 14.4 Å². The molecule has 0 heterocycles. The van der Waals surface area contributed by atoms with Gasteiger partial charge in [-0.1, -0.05) is 317 Å². The van der Waals surface area contributed by atoms with Crippen LogP contribution in [0.1, 0.15) is 355 Å². The van der Waals surface area contributed by atoms with Crippen LogP contribution in [0.2, 0.25) is 0 Å². The average Bonchev–Trinajstić information content (AvgIpc) is 3.49. The maximum Gasteiger partial charge on any atom is 0.306 e. The molecule has 6 heteroatoms. The molecule has 0 aliphatic carbocycles. The summed E-state index contributed by atoms with van der Waals surface area (Å²) in [5.41, 5.74) is 0. The number of carbonyl (C=O) groups excluding carboxylic acids is 3. The van der Waals surface area contributed by atoms with Crippen molar-refractivity contribution in [2.24, 2.45) is 0 Å². The molecule has 0 saturated heterocycles. The van der Waals surface area contributed by atoms with Crippen molar-refractivity contribution in [2.45, 2.75) is 361 Å². The third-order valence-electron chi connectivity index (χ3n) is 15.6. The van der Waals surface area contributed by atoms with Crippen LogP contribution in [0.4, 0.5) is 0 Å². The first-order chi connectivity index (χ1) is 41.0. The molecule has 83 heavy (non-hydrogen) atoms. The first kappa shape index (κ1) is 79.3. The molecule has 6 nitrogen and oxygen atoms in total. The largest absolute Gasteiger partial charge is 0.462 e. The molecule has 0 aromatic heterocycles. The van der Waals surface area contributed by atoms with Gasteiger partial charge < -0.3 is 14.2 Å². The smallest absolute Gasteiger partial charge is 0.306 e. The van der Waals surface area contributed by atoms with Crippen LogP contribution in [0.3, 0.4) is 0 Å². The average molecular weight is 1160 g/mol. The van der Waals surface area contributed by atoms with Gasteiger partial charge in [0.1, 0.15) is 13.2 Å². The second-order valence-corrected chi connectivity index (χ2v) is 23.7. The van der Waals surface area contributed by atoms with Crippen molar-refractivity contribution in [1.29, 1.82) is 0 Å². The van der Waals surface area contributed by atoms with E-state index in [1.54, 1.807) is 0 Å². The number of rotatable bonds is 65. The van der Waals surface area contributed by atoms with Crippen molar-refractivity contribution in [3.05, 3.63) is 97.2 Å². The van der Waals surface area contributed by atoms with E-state index in [0.29, 0.717) is 19.3 Å². The summed E-state index contributed by atoms with van der Waals surface area (Å²) in [6, 6.07) is 0. The molecular weight excluding hydrogens is 1020 g/mol. The Morgan fingerprint density at radius 2 is 0.470 bits per heavy atom. The van der Waals surface area contributed by atoms with E-state index in [9.17, 15) is 14.4 Å². The van der Waals surface area contributed by atoms with Gasteiger partial charge in [0.2, 0.25) is 0 Å². The van der Waals surface area contributed by atoms with Crippen molar-refractivity contribution in [1.82, 2.24) is 0 Å². The lowest BCUT2D eigenvalue weighted by atomic mass is 10.0. The fourth-order valence-electron chi connectivity index (χ4n) is 10.3.